The maximum absolute atomic E-state index is 12.5. The van der Waals surface area contributed by atoms with Crippen molar-refractivity contribution in [1.82, 2.24) is 0 Å². The first-order chi connectivity index (χ1) is 12.7. The molecule has 0 aromatic heterocycles. The van der Waals surface area contributed by atoms with Crippen LogP contribution in [0.4, 0.5) is 17.1 Å². The minimum absolute atomic E-state index is 0.0691. The van der Waals surface area contributed by atoms with E-state index >= 15 is 0 Å². The number of benzene rings is 2. The standard InChI is InChI=1S/C22H29N3O/c1-3-15-24(2)20-11-7-18(8-12-20)22(26)23-19-9-13-21(14-10-19)25-16-5-4-6-17-25/h7-14H,3-6,15-17H2,1-2H3,(H,23,26). The largest absolute Gasteiger partial charge is 0.375 e. The van der Waals surface area contributed by atoms with Gasteiger partial charge in [0.2, 0.25) is 0 Å². The highest BCUT2D eigenvalue weighted by Crippen LogP contribution is 2.22. The smallest absolute Gasteiger partial charge is 0.255 e. The molecule has 4 nitrogen and oxygen atoms in total. The first-order valence-corrected chi connectivity index (χ1v) is 9.65. The molecule has 1 saturated heterocycles. The normalized spacial score (nSPS) is 14.2. The minimum atomic E-state index is -0.0691. The molecule has 1 amide bonds. The van der Waals surface area contributed by atoms with Crippen LogP contribution in [0.5, 0.6) is 0 Å². The van der Waals surface area contributed by atoms with Crippen LogP contribution in [0, 0.1) is 0 Å². The lowest BCUT2D eigenvalue weighted by Crippen LogP contribution is -2.29. The lowest BCUT2D eigenvalue weighted by molar-refractivity contribution is 0.102. The second-order valence-corrected chi connectivity index (χ2v) is 7.02. The summed E-state index contributed by atoms with van der Waals surface area (Å²) >= 11 is 0. The Kier molecular flexibility index (Phi) is 6.16. The van der Waals surface area contributed by atoms with Crippen molar-refractivity contribution in [2.24, 2.45) is 0 Å². The maximum Gasteiger partial charge on any atom is 0.255 e. The van der Waals surface area contributed by atoms with Crippen LogP contribution in [0.25, 0.3) is 0 Å². The molecule has 2 aromatic rings. The highest BCUT2D eigenvalue weighted by atomic mass is 16.1. The number of nitrogens with zero attached hydrogens (tertiary/aromatic N) is 2. The Morgan fingerprint density at radius 1 is 1.00 bits per heavy atom. The van der Waals surface area contributed by atoms with E-state index in [0.717, 1.165) is 37.4 Å². The van der Waals surface area contributed by atoms with Gasteiger partial charge in [0, 0.05) is 49.3 Å². The molecule has 1 aliphatic heterocycles. The van der Waals surface area contributed by atoms with Crippen LogP contribution < -0.4 is 15.1 Å². The molecule has 1 fully saturated rings. The molecule has 1 heterocycles. The van der Waals surface area contributed by atoms with Crippen LogP contribution in [0.3, 0.4) is 0 Å². The maximum atomic E-state index is 12.5. The molecule has 0 atom stereocenters. The first kappa shape index (κ1) is 18.3. The number of hydrogen-bond acceptors (Lipinski definition) is 3. The summed E-state index contributed by atoms with van der Waals surface area (Å²) in [5, 5.41) is 2.99. The van der Waals surface area contributed by atoms with Gasteiger partial charge in [-0.15, -0.1) is 0 Å². The molecule has 26 heavy (non-hydrogen) atoms. The molecular weight excluding hydrogens is 322 g/mol. The van der Waals surface area contributed by atoms with Crippen molar-refractivity contribution >= 4 is 23.0 Å². The molecule has 3 rings (SSSR count). The second-order valence-electron chi connectivity index (χ2n) is 7.02. The predicted molar refractivity (Wildman–Crippen MR) is 110 cm³/mol. The van der Waals surface area contributed by atoms with Crippen molar-refractivity contribution in [1.29, 1.82) is 0 Å². The van der Waals surface area contributed by atoms with Gasteiger partial charge in [-0.1, -0.05) is 6.92 Å². The summed E-state index contributed by atoms with van der Waals surface area (Å²) < 4.78 is 0. The molecule has 0 spiro atoms. The summed E-state index contributed by atoms with van der Waals surface area (Å²) in [6, 6.07) is 16.0. The van der Waals surface area contributed by atoms with Gasteiger partial charge in [0.05, 0.1) is 0 Å². The number of piperidine rings is 1. The minimum Gasteiger partial charge on any atom is -0.375 e. The Morgan fingerprint density at radius 2 is 1.65 bits per heavy atom. The number of carbonyl (C=O) groups excluding carboxylic acids is 1. The molecule has 0 saturated carbocycles. The van der Waals surface area contributed by atoms with E-state index in [1.807, 2.05) is 36.4 Å². The zero-order valence-corrected chi connectivity index (χ0v) is 15.9. The molecule has 2 aromatic carbocycles. The van der Waals surface area contributed by atoms with Crippen LogP contribution in [-0.4, -0.2) is 32.6 Å². The molecule has 0 bridgehead atoms. The van der Waals surface area contributed by atoms with Crippen LogP contribution >= 0.6 is 0 Å². The van der Waals surface area contributed by atoms with Crippen LogP contribution in [0.15, 0.2) is 48.5 Å². The summed E-state index contributed by atoms with van der Waals surface area (Å²) in [7, 11) is 2.07. The average molecular weight is 351 g/mol. The summed E-state index contributed by atoms with van der Waals surface area (Å²) in [6.45, 7) is 5.43. The summed E-state index contributed by atoms with van der Waals surface area (Å²) in [5.41, 5.74) is 3.89. The Hall–Kier alpha value is -2.49. The number of nitrogens with one attached hydrogen (secondary N) is 1. The number of anilines is 3. The van der Waals surface area contributed by atoms with Crippen molar-refractivity contribution in [3.63, 3.8) is 0 Å². The van der Waals surface area contributed by atoms with E-state index in [2.05, 4.69) is 41.2 Å². The molecule has 138 valence electrons. The average Bonchev–Trinajstić information content (AvgIpc) is 2.69. The van der Waals surface area contributed by atoms with Crippen LogP contribution in [-0.2, 0) is 0 Å². The van der Waals surface area contributed by atoms with Gasteiger partial charge >= 0.3 is 0 Å². The molecule has 0 unspecified atom stereocenters. The van der Waals surface area contributed by atoms with Crippen molar-refractivity contribution in [3.8, 4) is 0 Å². The van der Waals surface area contributed by atoms with Crippen molar-refractivity contribution in [2.75, 3.05) is 41.8 Å². The first-order valence-electron chi connectivity index (χ1n) is 9.65. The summed E-state index contributed by atoms with van der Waals surface area (Å²) in [6.07, 6.45) is 4.97. The van der Waals surface area contributed by atoms with Crippen molar-refractivity contribution in [2.45, 2.75) is 32.6 Å². The van der Waals surface area contributed by atoms with E-state index in [1.165, 1.54) is 24.9 Å². The molecule has 0 aliphatic carbocycles. The monoisotopic (exact) mass is 351 g/mol. The third-order valence-electron chi connectivity index (χ3n) is 4.98. The number of hydrogen-bond donors (Lipinski definition) is 1. The lowest BCUT2D eigenvalue weighted by Gasteiger charge is -2.28. The molecule has 1 N–H and O–H groups in total. The summed E-state index contributed by atoms with van der Waals surface area (Å²) in [5.74, 6) is -0.0691. The van der Waals surface area contributed by atoms with E-state index in [4.69, 9.17) is 0 Å². The van der Waals surface area contributed by atoms with E-state index in [9.17, 15) is 4.79 Å². The fourth-order valence-electron chi connectivity index (χ4n) is 3.44. The number of carbonyl (C=O) groups is 1. The van der Waals surface area contributed by atoms with E-state index in [0.29, 0.717) is 5.56 Å². The SMILES string of the molecule is CCCN(C)c1ccc(C(=O)Nc2ccc(N3CCCCC3)cc2)cc1. The third kappa shape index (κ3) is 4.57. The Bertz CT molecular complexity index is 703. The summed E-state index contributed by atoms with van der Waals surface area (Å²) in [4.78, 5) is 17.1. The molecule has 1 aliphatic rings. The Labute approximate surface area is 156 Å². The van der Waals surface area contributed by atoms with Crippen molar-refractivity contribution in [3.05, 3.63) is 54.1 Å². The Balaban J connectivity index is 1.60. The van der Waals surface area contributed by atoms with Crippen LogP contribution in [0.1, 0.15) is 43.0 Å². The molecular formula is C22H29N3O. The van der Waals surface area contributed by atoms with E-state index < -0.39 is 0 Å². The van der Waals surface area contributed by atoms with Gasteiger partial charge in [0.25, 0.3) is 5.91 Å². The van der Waals surface area contributed by atoms with Gasteiger partial charge in [0.1, 0.15) is 0 Å². The zero-order valence-electron chi connectivity index (χ0n) is 15.9. The van der Waals surface area contributed by atoms with Gasteiger partial charge in [-0.25, -0.2) is 0 Å². The lowest BCUT2D eigenvalue weighted by atomic mass is 10.1. The zero-order chi connectivity index (χ0) is 18.4. The van der Waals surface area contributed by atoms with Gasteiger partial charge in [0.15, 0.2) is 0 Å². The Morgan fingerprint density at radius 3 is 2.27 bits per heavy atom. The highest BCUT2D eigenvalue weighted by Gasteiger charge is 2.11. The number of amides is 1. The van der Waals surface area contributed by atoms with Crippen molar-refractivity contribution < 1.29 is 4.79 Å². The van der Waals surface area contributed by atoms with E-state index in [1.54, 1.807) is 0 Å². The molecule has 0 radical (unpaired) electrons. The fraction of sp³-hybridized carbons (Fsp3) is 0.409. The van der Waals surface area contributed by atoms with E-state index in [-0.39, 0.29) is 5.91 Å². The van der Waals surface area contributed by atoms with Gasteiger partial charge in [-0.2, -0.15) is 0 Å². The highest BCUT2D eigenvalue weighted by molar-refractivity contribution is 6.04. The van der Waals surface area contributed by atoms with Gasteiger partial charge in [-0.05, 0) is 74.2 Å². The van der Waals surface area contributed by atoms with Gasteiger partial charge in [-0.3, -0.25) is 4.79 Å². The van der Waals surface area contributed by atoms with Gasteiger partial charge < -0.3 is 15.1 Å². The quantitative estimate of drug-likeness (QED) is 0.814. The topological polar surface area (TPSA) is 35.6 Å². The molecule has 4 heteroatoms. The third-order valence-corrected chi connectivity index (χ3v) is 4.98. The predicted octanol–water partition coefficient (Wildman–Crippen LogP) is 4.78. The second kappa shape index (κ2) is 8.75. The van der Waals surface area contributed by atoms with Crippen LogP contribution in [0.2, 0.25) is 0 Å². The number of rotatable bonds is 6. The fourth-order valence-corrected chi connectivity index (χ4v) is 3.44.